The van der Waals surface area contributed by atoms with Gasteiger partial charge in [0, 0.05) is 50.3 Å². The SMILES string of the molecule is COc1cc([C@@H]2c3cc4c(cc3[C@H](O)[C@@H](CO)[C@@H]2C(=O)N2CCN(c3ccc(C)cc3)CC2)OCO4)cc(OC)c1OC. The van der Waals surface area contributed by atoms with E-state index in [1.807, 2.05) is 23.1 Å². The van der Waals surface area contributed by atoms with Crippen LogP contribution in [0.15, 0.2) is 48.5 Å². The van der Waals surface area contributed by atoms with Crippen molar-refractivity contribution in [2.75, 3.05) is 65.8 Å². The molecule has 10 heteroatoms. The van der Waals surface area contributed by atoms with E-state index in [4.69, 9.17) is 23.7 Å². The van der Waals surface area contributed by atoms with Crippen molar-refractivity contribution in [3.05, 3.63) is 70.8 Å². The molecule has 0 spiro atoms. The van der Waals surface area contributed by atoms with Crippen molar-refractivity contribution in [1.82, 2.24) is 4.90 Å². The van der Waals surface area contributed by atoms with Crippen molar-refractivity contribution in [3.8, 4) is 28.7 Å². The quantitative estimate of drug-likeness (QED) is 0.427. The van der Waals surface area contributed by atoms with Gasteiger partial charge in [0.2, 0.25) is 18.4 Å². The second-order valence-corrected chi connectivity index (χ2v) is 11.2. The monoisotopic (exact) mass is 590 g/mol. The van der Waals surface area contributed by atoms with Gasteiger partial charge in [-0.1, -0.05) is 17.7 Å². The van der Waals surface area contributed by atoms with Crippen molar-refractivity contribution >= 4 is 11.6 Å². The number of hydrogen-bond acceptors (Lipinski definition) is 9. The van der Waals surface area contributed by atoms with Crippen LogP contribution in [0.2, 0.25) is 0 Å². The average molecular weight is 591 g/mol. The molecule has 2 aliphatic heterocycles. The zero-order valence-corrected chi connectivity index (χ0v) is 24.9. The summed E-state index contributed by atoms with van der Waals surface area (Å²) in [4.78, 5) is 18.7. The van der Waals surface area contributed by atoms with E-state index in [9.17, 15) is 15.0 Å². The van der Waals surface area contributed by atoms with Gasteiger partial charge in [0.15, 0.2) is 23.0 Å². The normalized spacial score (nSPS) is 22.7. The third-order valence-corrected chi connectivity index (χ3v) is 8.99. The summed E-state index contributed by atoms with van der Waals surface area (Å²) in [6.07, 6.45) is -1.09. The van der Waals surface area contributed by atoms with E-state index in [0.29, 0.717) is 60.5 Å². The van der Waals surface area contributed by atoms with Crippen LogP contribution in [0, 0.1) is 18.8 Å². The van der Waals surface area contributed by atoms with Gasteiger partial charge in [-0.15, -0.1) is 0 Å². The van der Waals surface area contributed by atoms with Crippen LogP contribution in [0.1, 0.15) is 34.3 Å². The fourth-order valence-corrected chi connectivity index (χ4v) is 6.72. The molecule has 10 nitrogen and oxygen atoms in total. The van der Waals surface area contributed by atoms with Crippen LogP contribution in [0.5, 0.6) is 28.7 Å². The highest BCUT2D eigenvalue weighted by atomic mass is 16.7. The number of nitrogens with zero attached hydrogens (tertiary/aromatic N) is 2. The molecule has 3 aliphatic rings. The lowest BCUT2D eigenvalue weighted by atomic mass is 9.64. The third kappa shape index (κ3) is 5.08. The first-order chi connectivity index (χ1) is 20.9. The third-order valence-electron chi connectivity index (χ3n) is 8.99. The second-order valence-electron chi connectivity index (χ2n) is 11.2. The van der Waals surface area contributed by atoms with Crippen molar-refractivity contribution in [2.45, 2.75) is 18.9 Å². The number of rotatable bonds is 7. The molecule has 6 rings (SSSR count). The molecule has 1 aliphatic carbocycles. The van der Waals surface area contributed by atoms with E-state index in [2.05, 4.69) is 36.1 Å². The number of carbonyl (C=O) groups excluding carboxylic acids is 1. The molecule has 4 atom stereocenters. The fourth-order valence-electron chi connectivity index (χ4n) is 6.72. The molecule has 0 radical (unpaired) electrons. The maximum absolute atomic E-state index is 14.6. The zero-order chi connectivity index (χ0) is 30.2. The summed E-state index contributed by atoms with van der Waals surface area (Å²) in [5, 5.41) is 22.3. The largest absolute Gasteiger partial charge is 0.493 e. The van der Waals surface area contributed by atoms with Crippen LogP contribution < -0.4 is 28.6 Å². The van der Waals surface area contributed by atoms with Gasteiger partial charge in [0.05, 0.1) is 33.4 Å². The number of ether oxygens (including phenoxy) is 5. The Labute approximate surface area is 251 Å². The van der Waals surface area contributed by atoms with E-state index in [-0.39, 0.29) is 19.3 Å². The lowest BCUT2D eigenvalue weighted by Gasteiger charge is -2.45. The number of carbonyl (C=O) groups is 1. The first-order valence-corrected chi connectivity index (χ1v) is 14.5. The van der Waals surface area contributed by atoms with Crippen LogP contribution in [0.25, 0.3) is 0 Å². The summed E-state index contributed by atoms with van der Waals surface area (Å²) in [6, 6.07) is 15.7. The number of aliphatic hydroxyl groups is 2. The number of fused-ring (bicyclic) bond motifs is 2. The topological polar surface area (TPSA) is 110 Å². The number of methoxy groups -OCH3 is 3. The highest BCUT2D eigenvalue weighted by molar-refractivity contribution is 5.82. The van der Waals surface area contributed by atoms with Crippen LogP contribution in [-0.2, 0) is 4.79 Å². The molecule has 43 heavy (non-hydrogen) atoms. The van der Waals surface area contributed by atoms with Gasteiger partial charge in [0.25, 0.3) is 0 Å². The number of aryl methyl sites for hydroxylation is 1. The van der Waals surface area contributed by atoms with E-state index < -0.39 is 23.9 Å². The summed E-state index contributed by atoms with van der Waals surface area (Å²) in [7, 11) is 4.63. The molecule has 1 amide bonds. The number of anilines is 1. The fraction of sp³-hybridized carbons (Fsp3) is 0.424. The Balaban J connectivity index is 1.42. The van der Waals surface area contributed by atoms with Gasteiger partial charge in [0.1, 0.15) is 0 Å². The molecule has 2 heterocycles. The molecular weight excluding hydrogens is 552 g/mol. The Morgan fingerprint density at radius 2 is 1.49 bits per heavy atom. The van der Waals surface area contributed by atoms with Crippen LogP contribution >= 0.6 is 0 Å². The van der Waals surface area contributed by atoms with Gasteiger partial charge < -0.3 is 43.7 Å². The molecular formula is C33H38N2O8. The first kappa shape index (κ1) is 28.9. The summed E-state index contributed by atoms with van der Waals surface area (Å²) >= 11 is 0. The molecule has 0 unspecified atom stereocenters. The highest BCUT2D eigenvalue weighted by Crippen LogP contribution is 2.54. The van der Waals surface area contributed by atoms with Gasteiger partial charge in [-0.3, -0.25) is 4.79 Å². The number of aliphatic hydroxyl groups excluding tert-OH is 2. The van der Waals surface area contributed by atoms with Crippen LogP contribution in [0.4, 0.5) is 5.69 Å². The van der Waals surface area contributed by atoms with Gasteiger partial charge in [-0.2, -0.15) is 0 Å². The van der Waals surface area contributed by atoms with Crippen molar-refractivity contribution in [2.24, 2.45) is 11.8 Å². The lowest BCUT2D eigenvalue weighted by Crippen LogP contribution is -2.53. The molecule has 228 valence electrons. The molecule has 1 saturated heterocycles. The minimum atomic E-state index is -1.09. The first-order valence-electron chi connectivity index (χ1n) is 14.5. The summed E-state index contributed by atoms with van der Waals surface area (Å²) < 4.78 is 28.2. The molecule has 1 fully saturated rings. The number of benzene rings is 3. The maximum atomic E-state index is 14.6. The van der Waals surface area contributed by atoms with Crippen LogP contribution in [0.3, 0.4) is 0 Å². The van der Waals surface area contributed by atoms with Crippen molar-refractivity contribution < 1.29 is 38.7 Å². The maximum Gasteiger partial charge on any atom is 0.231 e. The molecule has 3 aromatic carbocycles. The Kier molecular flexibility index (Phi) is 7.98. The van der Waals surface area contributed by atoms with Gasteiger partial charge >= 0.3 is 0 Å². The number of hydrogen-bond donors (Lipinski definition) is 2. The average Bonchev–Trinajstić information content (AvgIpc) is 3.51. The molecule has 0 bridgehead atoms. The predicted molar refractivity (Wildman–Crippen MR) is 160 cm³/mol. The predicted octanol–water partition coefficient (Wildman–Crippen LogP) is 3.50. The minimum absolute atomic E-state index is 0.0697. The summed E-state index contributed by atoms with van der Waals surface area (Å²) in [5.41, 5.74) is 4.38. The van der Waals surface area contributed by atoms with Gasteiger partial charge in [-0.05, 0) is 60.0 Å². The number of piperazine rings is 1. The standard InChI is InChI=1S/C33H38N2O8/c1-19-5-7-21(8-6-19)34-9-11-35(12-10-34)33(38)30-24(17-36)31(37)23-16-26-25(42-18-43-26)15-22(23)29(30)20-13-27(39-2)32(41-4)28(14-20)40-3/h5-8,13-16,24,29-31,36-37H,9-12,17-18H2,1-4H3/t24-,29+,30-,31-/m0/s1. The molecule has 0 aromatic heterocycles. The summed E-state index contributed by atoms with van der Waals surface area (Å²) in [5.74, 6) is 0.182. The summed E-state index contributed by atoms with van der Waals surface area (Å²) in [6.45, 7) is 4.15. The number of amides is 1. The minimum Gasteiger partial charge on any atom is -0.493 e. The van der Waals surface area contributed by atoms with E-state index >= 15 is 0 Å². The van der Waals surface area contributed by atoms with E-state index in [1.165, 1.54) is 12.7 Å². The van der Waals surface area contributed by atoms with E-state index in [0.717, 1.165) is 16.8 Å². The van der Waals surface area contributed by atoms with Gasteiger partial charge in [-0.25, -0.2) is 0 Å². The van der Waals surface area contributed by atoms with Crippen LogP contribution in [-0.4, -0.2) is 81.9 Å². The smallest absolute Gasteiger partial charge is 0.231 e. The second kappa shape index (κ2) is 11.9. The zero-order valence-electron chi connectivity index (χ0n) is 24.9. The molecule has 3 aromatic rings. The van der Waals surface area contributed by atoms with Crippen molar-refractivity contribution in [3.63, 3.8) is 0 Å². The van der Waals surface area contributed by atoms with E-state index in [1.54, 1.807) is 20.3 Å². The Morgan fingerprint density at radius 3 is 2.05 bits per heavy atom. The molecule has 0 saturated carbocycles. The Bertz CT molecular complexity index is 1460. The molecule has 2 N–H and O–H groups in total. The lowest BCUT2D eigenvalue weighted by molar-refractivity contribution is -0.142. The van der Waals surface area contributed by atoms with Crippen molar-refractivity contribution in [1.29, 1.82) is 0 Å². The highest BCUT2D eigenvalue weighted by Gasteiger charge is 2.49. The Hall–Kier alpha value is -4.15. The Morgan fingerprint density at radius 1 is 0.884 bits per heavy atom.